The molecule has 0 spiro atoms. The largest absolute Gasteiger partial charge is 0.469 e. The van der Waals surface area contributed by atoms with Crippen LogP contribution < -0.4 is 0 Å². The Morgan fingerprint density at radius 3 is 2.61 bits per heavy atom. The Bertz CT molecular complexity index is 324. The molecule has 0 aromatic carbocycles. The molecule has 0 radical (unpaired) electrons. The maximum Gasteiger partial charge on any atom is 0.106 e. The summed E-state index contributed by atoms with van der Waals surface area (Å²) in [5, 5.41) is 10.6. The van der Waals surface area contributed by atoms with Crippen LogP contribution in [0.15, 0.2) is 22.8 Å². The predicted octanol–water partition coefficient (Wildman–Crippen LogP) is 3.31. The Morgan fingerprint density at radius 1 is 1.33 bits per heavy atom. The molecule has 3 nitrogen and oxygen atoms in total. The summed E-state index contributed by atoms with van der Waals surface area (Å²) in [6.07, 6.45) is 8.46. The van der Waals surface area contributed by atoms with E-state index in [2.05, 4.69) is 0 Å². The summed E-state index contributed by atoms with van der Waals surface area (Å²) in [7, 11) is 0. The van der Waals surface area contributed by atoms with Gasteiger partial charge in [0, 0.05) is 13.0 Å². The number of furan rings is 1. The first-order chi connectivity index (χ1) is 8.77. The van der Waals surface area contributed by atoms with Crippen LogP contribution in [-0.4, -0.2) is 23.4 Å². The molecule has 1 heterocycles. The number of ether oxygens (including phenoxy) is 1. The van der Waals surface area contributed by atoms with Crippen molar-refractivity contribution in [2.45, 2.75) is 63.6 Å². The van der Waals surface area contributed by atoms with Gasteiger partial charge in [-0.1, -0.05) is 25.7 Å². The Hall–Kier alpha value is -0.800. The summed E-state index contributed by atoms with van der Waals surface area (Å²) in [5.41, 5.74) is -0.363. The number of hydrogen-bond acceptors (Lipinski definition) is 3. The number of aliphatic hydroxyl groups excluding tert-OH is 1. The maximum atomic E-state index is 10.6. The average Bonchev–Trinajstić information content (AvgIpc) is 2.74. The number of aliphatic hydroxyl groups is 1. The maximum absolute atomic E-state index is 10.6. The van der Waals surface area contributed by atoms with E-state index in [-0.39, 0.29) is 5.60 Å². The van der Waals surface area contributed by atoms with E-state index in [1.165, 1.54) is 12.8 Å². The van der Waals surface area contributed by atoms with Crippen molar-refractivity contribution in [3.8, 4) is 0 Å². The summed E-state index contributed by atoms with van der Waals surface area (Å²) < 4.78 is 11.3. The Balaban J connectivity index is 2.06. The quantitative estimate of drug-likeness (QED) is 0.817. The Kier molecular flexibility index (Phi) is 4.84. The zero-order chi connectivity index (χ0) is 12.8. The molecule has 1 N–H and O–H groups in total. The molecule has 1 fully saturated rings. The van der Waals surface area contributed by atoms with Crippen LogP contribution in [0, 0.1) is 0 Å². The average molecular weight is 252 g/mol. The van der Waals surface area contributed by atoms with Crippen molar-refractivity contribution < 1.29 is 14.3 Å². The van der Waals surface area contributed by atoms with Gasteiger partial charge in [0.05, 0.1) is 18.0 Å². The molecule has 1 aliphatic rings. The van der Waals surface area contributed by atoms with E-state index >= 15 is 0 Å². The van der Waals surface area contributed by atoms with E-state index in [1.807, 2.05) is 19.1 Å². The molecule has 2 rings (SSSR count). The molecule has 102 valence electrons. The zero-order valence-corrected chi connectivity index (χ0v) is 11.2. The van der Waals surface area contributed by atoms with Crippen molar-refractivity contribution in [3.63, 3.8) is 0 Å². The summed E-state index contributed by atoms with van der Waals surface area (Å²) in [6.45, 7) is 2.67. The third-order valence-electron chi connectivity index (χ3n) is 3.96. The number of rotatable bonds is 5. The summed E-state index contributed by atoms with van der Waals surface area (Å²) in [6, 6.07) is 3.78. The van der Waals surface area contributed by atoms with Gasteiger partial charge in [-0.3, -0.25) is 0 Å². The smallest absolute Gasteiger partial charge is 0.106 e. The molecule has 1 aromatic heterocycles. The van der Waals surface area contributed by atoms with Gasteiger partial charge in [0.25, 0.3) is 0 Å². The fraction of sp³-hybridized carbons (Fsp3) is 0.733. The van der Waals surface area contributed by atoms with Gasteiger partial charge in [-0.25, -0.2) is 0 Å². The van der Waals surface area contributed by atoms with Crippen molar-refractivity contribution in [2.75, 3.05) is 6.61 Å². The fourth-order valence-electron chi connectivity index (χ4n) is 2.99. The van der Waals surface area contributed by atoms with Gasteiger partial charge in [-0.2, -0.15) is 0 Å². The molecule has 1 saturated carbocycles. The van der Waals surface area contributed by atoms with Gasteiger partial charge in [0.15, 0.2) is 0 Å². The molecular formula is C15H24O3. The monoisotopic (exact) mass is 252 g/mol. The lowest BCUT2D eigenvalue weighted by Crippen LogP contribution is -2.45. The Labute approximate surface area is 109 Å². The van der Waals surface area contributed by atoms with Gasteiger partial charge in [0.2, 0.25) is 0 Å². The van der Waals surface area contributed by atoms with Crippen LogP contribution >= 0.6 is 0 Å². The van der Waals surface area contributed by atoms with Crippen molar-refractivity contribution >= 4 is 0 Å². The van der Waals surface area contributed by atoms with Crippen LogP contribution in [0.1, 0.15) is 51.2 Å². The van der Waals surface area contributed by atoms with Crippen LogP contribution in [0.3, 0.4) is 0 Å². The molecule has 1 unspecified atom stereocenters. The highest BCUT2D eigenvalue weighted by molar-refractivity contribution is 5.03. The molecule has 0 saturated heterocycles. The molecule has 1 aliphatic carbocycles. The molecule has 1 aromatic rings. The van der Waals surface area contributed by atoms with Gasteiger partial charge in [-0.05, 0) is 31.9 Å². The third-order valence-corrected chi connectivity index (χ3v) is 3.96. The van der Waals surface area contributed by atoms with Crippen molar-refractivity contribution in [2.24, 2.45) is 0 Å². The summed E-state index contributed by atoms with van der Waals surface area (Å²) in [5.74, 6) is 0.839. The second kappa shape index (κ2) is 6.39. The van der Waals surface area contributed by atoms with E-state index < -0.39 is 6.10 Å². The van der Waals surface area contributed by atoms with Crippen LogP contribution in [0.4, 0.5) is 0 Å². The fourth-order valence-corrected chi connectivity index (χ4v) is 2.99. The second-order valence-corrected chi connectivity index (χ2v) is 5.21. The lowest BCUT2D eigenvalue weighted by atomic mass is 9.86. The van der Waals surface area contributed by atoms with Crippen LogP contribution in [-0.2, 0) is 11.2 Å². The van der Waals surface area contributed by atoms with Crippen LogP contribution in [0.2, 0.25) is 0 Å². The van der Waals surface area contributed by atoms with Gasteiger partial charge in [0.1, 0.15) is 5.76 Å². The first kappa shape index (κ1) is 13.6. The van der Waals surface area contributed by atoms with E-state index in [9.17, 15) is 5.11 Å². The third kappa shape index (κ3) is 3.15. The first-order valence-corrected chi connectivity index (χ1v) is 7.11. The van der Waals surface area contributed by atoms with E-state index in [0.717, 1.165) is 31.4 Å². The van der Waals surface area contributed by atoms with Crippen LogP contribution in [0.5, 0.6) is 0 Å². The topological polar surface area (TPSA) is 42.6 Å². The molecule has 0 aliphatic heterocycles. The summed E-state index contributed by atoms with van der Waals surface area (Å²) >= 11 is 0. The van der Waals surface area contributed by atoms with Crippen molar-refractivity contribution in [1.82, 2.24) is 0 Å². The second-order valence-electron chi connectivity index (χ2n) is 5.21. The van der Waals surface area contributed by atoms with Gasteiger partial charge >= 0.3 is 0 Å². The van der Waals surface area contributed by atoms with E-state index in [0.29, 0.717) is 13.0 Å². The molecule has 0 bridgehead atoms. The molecule has 0 amide bonds. The normalized spacial score (nSPS) is 21.4. The standard InChI is InChI=1S/C15H24O3/c1-2-18-15(9-5-3-4-6-10-15)14(16)12-13-8-7-11-17-13/h7-8,11,14,16H,2-6,9-10,12H2,1H3. The molecule has 3 heteroatoms. The Morgan fingerprint density at radius 2 is 2.06 bits per heavy atom. The first-order valence-electron chi connectivity index (χ1n) is 7.11. The minimum Gasteiger partial charge on any atom is -0.469 e. The van der Waals surface area contributed by atoms with Crippen molar-refractivity contribution in [3.05, 3.63) is 24.2 Å². The minimum atomic E-state index is -0.471. The van der Waals surface area contributed by atoms with Crippen LogP contribution in [0.25, 0.3) is 0 Å². The van der Waals surface area contributed by atoms with Gasteiger partial charge < -0.3 is 14.3 Å². The van der Waals surface area contributed by atoms with E-state index in [4.69, 9.17) is 9.15 Å². The molecule has 18 heavy (non-hydrogen) atoms. The lowest BCUT2D eigenvalue weighted by Gasteiger charge is -2.37. The SMILES string of the molecule is CCOC1(C(O)Cc2ccco2)CCCCCC1. The highest BCUT2D eigenvalue weighted by Gasteiger charge is 2.39. The molecule has 1 atom stereocenters. The number of hydrogen-bond donors (Lipinski definition) is 1. The van der Waals surface area contributed by atoms with Gasteiger partial charge in [-0.15, -0.1) is 0 Å². The van der Waals surface area contributed by atoms with E-state index in [1.54, 1.807) is 6.26 Å². The minimum absolute atomic E-state index is 0.363. The highest BCUT2D eigenvalue weighted by atomic mass is 16.5. The summed E-state index contributed by atoms with van der Waals surface area (Å²) in [4.78, 5) is 0. The van der Waals surface area contributed by atoms with Crippen molar-refractivity contribution in [1.29, 1.82) is 0 Å². The lowest BCUT2D eigenvalue weighted by molar-refractivity contribution is -0.129. The zero-order valence-electron chi connectivity index (χ0n) is 11.2. The highest BCUT2D eigenvalue weighted by Crippen LogP contribution is 2.34. The predicted molar refractivity (Wildman–Crippen MR) is 70.5 cm³/mol. The molecular weight excluding hydrogens is 228 g/mol.